The van der Waals surface area contributed by atoms with Crippen LogP contribution in [-0.4, -0.2) is 17.8 Å². The maximum atomic E-state index is 13.9. The number of rotatable bonds is 12. The summed E-state index contributed by atoms with van der Waals surface area (Å²) in [5.74, 6) is 0.905. The van der Waals surface area contributed by atoms with Gasteiger partial charge in [-0.3, -0.25) is 14.9 Å². The third kappa shape index (κ3) is 5.89. The van der Waals surface area contributed by atoms with E-state index >= 15 is 0 Å². The molecule has 0 amide bonds. The van der Waals surface area contributed by atoms with Crippen LogP contribution in [-0.2, 0) is 23.1 Å². The fourth-order valence-electron chi connectivity index (χ4n) is 4.60. The number of anilines is 2. The van der Waals surface area contributed by atoms with Gasteiger partial charge in [0, 0.05) is 24.9 Å². The van der Waals surface area contributed by atoms with Crippen LogP contribution >= 0.6 is 11.3 Å². The van der Waals surface area contributed by atoms with Crippen molar-refractivity contribution in [3.8, 4) is 5.75 Å². The van der Waals surface area contributed by atoms with Gasteiger partial charge in [0.15, 0.2) is 21.4 Å². The Kier molecular flexibility index (Phi) is 8.22. The summed E-state index contributed by atoms with van der Waals surface area (Å²) in [6.45, 7) is 3.96. The number of aryl methyl sites for hydroxylation is 1. The van der Waals surface area contributed by atoms with Gasteiger partial charge in [-0.15, -0.1) is 11.3 Å². The maximum absolute atomic E-state index is 13.9. The Balaban J connectivity index is 1.42. The predicted molar refractivity (Wildman–Crippen MR) is 158 cm³/mol. The summed E-state index contributed by atoms with van der Waals surface area (Å²) in [5, 5.41) is 17.0. The molecular weight excluding hydrogens is 562 g/mol. The highest BCUT2D eigenvalue weighted by molar-refractivity contribution is 7.91. The normalized spacial score (nSPS) is 12.7. The molecule has 5 aromatic rings. The molecule has 1 unspecified atom stereocenters. The van der Waals surface area contributed by atoms with E-state index in [-0.39, 0.29) is 40.4 Å². The van der Waals surface area contributed by atoms with Gasteiger partial charge < -0.3 is 14.8 Å². The number of furan rings is 1. The van der Waals surface area contributed by atoms with Gasteiger partial charge in [0.05, 0.1) is 5.69 Å². The summed E-state index contributed by atoms with van der Waals surface area (Å²) in [7, 11) is -4.15. The Morgan fingerprint density at radius 1 is 0.951 bits per heavy atom. The number of thiophene rings is 1. The largest absolute Gasteiger partial charge is 0.504 e. The number of sulfonamides is 1. The Morgan fingerprint density at radius 2 is 1.56 bits per heavy atom. The lowest BCUT2D eigenvalue weighted by Gasteiger charge is -2.22. The molecule has 4 N–H and O–H groups in total. The molecule has 0 aliphatic rings. The first-order chi connectivity index (χ1) is 19.7. The molecule has 0 radical (unpaired) electrons. The molecule has 5 rings (SSSR count). The van der Waals surface area contributed by atoms with E-state index in [1.807, 2.05) is 86.6 Å². The van der Waals surface area contributed by atoms with E-state index in [1.165, 1.54) is 9.69 Å². The van der Waals surface area contributed by atoms with Crippen molar-refractivity contribution in [1.82, 2.24) is 4.31 Å². The van der Waals surface area contributed by atoms with Crippen molar-refractivity contribution in [2.75, 3.05) is 5.32 Å². The highest BCUT2D eigenvalue weighted by atomic mass is 32.2. The van der Waals surface area contributed by atoms with Gasteiger partial charge in [-0.25, -0.2) is 8.42 Å². The van der Waals surface area contributed by atoms with Crippen molar-refractivity contribution in [1.29, 1.82) is 0 Å². The van der Waals surface area contributed by atoms with Crippen molar-refractivity contribution in [2.45, 2.75) is 43.6 Å². The molecule has 0 saturated heterocycles. The Bertz CT molecular complexity index is 1780. The zero-order valence-corrected chi connectivity index (χ0v) is 24.2. The van der Waals surface area contributed by atoms with Crippen molar-refractivity contribution >= 4 is 38.4 Å². The Labute approximate surface area is 241 Å². The van der Waals surface area contributed by atoms with Crippen LogP contribution in [0.15, 0.2) is 96.4 Å². The fraction of sp³-hybridized carbons (Fsp3) is 0.200. The van der Waals surface area contributed by atoms with Gasteiger partial charge in [0.2, 0.25) is 5.69 Å². The number of benzene rings is 2. The van der Waals surface area contributed by atoms with Crippen LogP contribution in [0.2, 0.25) is 0 Å². The second kappa shape index (κ2) is 11.8. The number of quaternary nitrogens is 1. The third-order valence-corrected chi connectivity index (χ3v) is 10.1. The first-order valence-electron chi connectivity index (χ1n) is 13.1. The second-order valence-corrected chi connectivity index (χ2v) is 12.7. The predicted octanol–water partition coefficient (Wildman–Crippen LogP) is 4.43. The van der Waals surface area contributed by atoms with Crippen molar-refractivity contribution in [3.05, 3.63) is 121 Å². The van der Waals surface area contributed by atoms with Crippen molar-refractivity contribution in [3.63, 3.8) is 0 Å². The zero-order chi connectivity index (χ0) is 29.1. The monoisotopic (exact) mass is 592 g/mol. The van der Waals surface area contributed by atoms with E-state index in [1.54, 1.807) is 5.32 Å². The van der Waals surface area contributed by atoms with Crippen LogP contribution in [0, 0.1) is 6.92 Å². The van der Waals surface area contributed by atoms with Gasteiger partial charge in [-0.1, -0.05) is 67.6 Å². The molecule has 9 nitrogen and oxygen atoms in total. The molecule has 2 aromatic heterocycles. The summed E-state index contributed by atoms with van der Waals surface area (Å²) in [5.41, 5.74) is 0.446. The molecule has 41 heavy (non-hydrogen) atoms. The molecular formula is C30H30N3O6S2+. The van der Waals surface area contributed by atoms with Gasteiger partial charge in [0.1, 0.15) is 11.8 Å². The number of aromatic hydroxyl groups is 1. The second-order valence-electron chi connectivity index (χ2n) is 9.73. The number of hydrogen-bond acceptors (Lipinski definition) is 8. The number of hydrogen-bond donors (Lipinski definition) is 3. The van der Waals surface area contributed by atoms with Crippen molar-refractivity contribution in [2.24, 2.45) is 0 Å². The number of nitrogens with zero attached hydrogens (tertiary/aromatic N) is 1. The minimum absolute atomic E-state index is 0.0132. The van der Waals surface area contributed by atoms with Gasteiger partial charge in [-0.05, 0) is 30.2 Å². The molecule has 0 aliphatic heterocycles. The SMILES string of the molecule is CCC([NH2+]c1c(Nc2csc(S(=O)(=O)N(Cc3ccccc3)Cc3ccccc3)c2O)c(=O)c1=O)c1ccc(C)o1. The van der Waals surface area contributed by atoms with Crippen LogP contribution in [0.25, 0.3) is 0 Å². The lowest BCUT2D eigenvalue weighted by atomic mass is 10.1. The average Bonchev–Trinajstić information content (AvgIpc) is 3.58. The highest BCUT2D eigenvalue weighted by Crippen LogP contribution is 2.41. The average molecular weight is 593 g/mol. The van der Waals surface area contributed by atoms with Crippen LogP contribution in [0.4, 0.5) is 17.1 Å². The maximum Gasteiger partial charge on any atom is 0.290 e. The number of nitrogens with two attached hydrogens (primary N) is 1. The van der Waals surface area contributed by atoms with Crippen LogP contribution in [0.5, 0.6) is 5.75 Å². The third-order valence-electron chi connectivity index (χ3n) is 6.85. The minimum atomic E-state index is -4.15. The standard InChI is InChI=1S/C30H29N3O6S2/c1-3-22(24-15-14-19(2)39-24)31-25-26(29(36)28(25)35)32-23-18-40-30(27(23)34)41(37,38)33(16-20-10-6-4-7-11-20)17-21-12-8-5-9-13-21/h4-15,18,22,31-32,34H,3,16-17H2,1-2H3/p+1. The van der Waals surface area contributed by atoms with Gasteiger partial charge >= 0.3 is 0 Å². The molecule has 0 bridgehead atoms. The molecule has 212 valence electrons. The van der Waals surface area contributed by atoms with E-state index in [2.05, 4.69) is 5.32 Å². The molecule has 0 spiro atoms. The summed E-state index contributed by atoms with van der Waals surface area (Å²) in [4.78, 5) is 25.0. The Morgan fingerprint density at radius 3 is 2.10 bits per heavy atom. The van der Waals surface area contributed by atoms with E-state index in [4.69, 9.17) is 4.42 Å². The summed E-state index contributed by atoms with van der Waals surface area (Å²) >= 11 is 0.844. The van der Waals surface area contributed by atoms with Gasteiger partial charge in [-0.2, -0.15) is 4.31 Å². The minimum Gasteiger partial charge on any atom is -0.504 e. The Hall–Kier alpha value is -4.03. The molecule has 2 heterocycles. The van der Waals surface area contributed by atoms with Crippen LogP contribution < -0.4 is 21.5 Å². The zero-order valence-electron chi connectivity index (χ0n) is 22.5. The molecule has 11 heteroatoms. The lowest BCUT2D eigenvalue weighted by molar-refractivity contribution is -0.621. The van der Waals surface area contributed by atoms with Crippen LogP contribution in [0.3, 0.4) is 0 Å². The van der Waals surface area contributed by atoms with E-state index in [9.17, 15) is 23.1 Å². The smallest absolute Gasteiger partial charge is 0.290 e. The molecule has 0 fully saturated rings. The first-order valence-corrected chi connectivity index (χ1v) is 15.4. The quantitative estimate of drug-likeness (QED) is 0.183. The molecule has 3 aromatic carbocycles. The number of nitrogens with one attached hydrogen (secondary N) is 1. The lowest BCUT2D eigenvalue weighted by Crippen LogP contribution is -2.83. The van der Waals surface area contributed by atoms with Crippen molar-refractivity contribution < 1.29 is 23.3 Å². The molecule has 0 saturated carbocycles. The summed E-state index contributed by atoms with van der Waals surface area (Å²) in [6.07, 6.45) is 0.635. The molecule has 0 aliphatic carbocycles. The van der Waals surface area contributed by atoms with E-state index in [0.717, 1.165) is 28.2 Å². The molecule has 1 atom stereocenters. The highest BCUT2D eigenvalue weighted by Gasteiger charge is 2.34. The summed E-state index contributed by atoms with van der Waals surface area (Å²) < 4.78 is 34.5. The first kappa shape index (κ1) is 28.5. The fourth-order valence-corrected chi connectivity index (χ4v) is 7.40. The van der Waals surface area contributed by atoms with E-state index in [0.29, 0.717) is 12.2 Å². The van der Waals surface area contributed by atoms with Crippen LogP contribution in [0.1, 0.15) is 42.0 Å². The van der Waals surface area contributed by atoms with E-state index < -0.39 is 26.6 Å². The topological polar surface area (TPSA) is 134 Å². The summed E-state index contributed by atoms with van der Waals surface area (Å²) in [6, 6.07) is 21.8. The van der Waals surface area contributed by atoms with Gasteiger partial charge in [0.25, 0.3) is 20.9 Å².